The van der Waals surface area contributed by atoms with Gasteiger partial charge >= 0.3 is 0 Å². The summed E-state index contributed by atoms with van der Waals surface area (Å²) in [5.41, 5.74) is 7.03. The number of nitrogens with two attached hydrogens (primary N) is 1. The van der Waals surface area contributed by atoms with Crippen LogP contribution in [0.3, 0.4) is 0 Å². The van der Waals surface area contributed by atoms with E-state index in [9.17, 15) is 0 Å². The first-order valence-corrected chi connectivity index (χ1v) is 9.08. The number of imidazole rings is 1. The van der Waals surface area contributed by atoms with Crippen LogP contribution >= 0.6 is 0 Å². The molecule has 9 nitrogen and oxygen atoms in total. The molecule has 1 aliphatic rings. The molecule has 29 heavy (non-hydrogen) atoms. The number of hydrogen-bond donors (Lipinski definition) is 3. The molecule has 3 rings (SSSR count). The third kappa shape index (κ3) is 8.22. The minimum Gasteiger partial charge on any atom is -0.497 e. The van der Waals surface area contributed by atoms with Gasteiger partial charge in [0, 0.05) is 50.0 Å². The first kappa shape index (κ1) is 24.0. The van der Waals surface area contributed by atoms with Crippen molar-refractivity contribution in [1.82, 2.24) is 9.55 Å². The minimum atomic E-state index is -0.833. The summed E-state index contributed by atoms with van der Waals surface area (Å²) in [6.45, 7) is 2.17. The number of nitrogens with zero attached hydrogens (tertiary/aromatic N) is 2. The van der Waals surface area contributed by atoms with Crippen molar-refractivity contribution in [3.05, 3.63) is 30.6 Å². The number of benzene rings is 1. The summed E-state index contributed by atoms with van der Waals surface area (Å²) >= 11 is 0. The summed E-state index contributed by atoms with van der Waals surface area (Å²) in [5, 5.41) is 14.8. The van der Waals surface area contributed by atoms with E-state index in [-0.39, 0.29) is 0 Å². The van der Waals surface area contributed by atoms with Crippen molar-refractivity contribution in [2.45, 2.75) is 45.2 Å². The number of carboxylic acid groups (broad SMARTS) is 2. The monoisotopic (exact) mass is 407 g/mol. The van der Waals surface area contributed by atoms with Crippen LogP contribution in [0, 0.1) is 0 Å². The lowest BCUT2D eigenvalue weighted by molar-refractivity contribution is -0.135. The lowest BCUT2D eigenvalue weighted by Crippen LogP contribution is -2.16. The Balaban J connectivity index is 0.000000452. The van der Waals surface area contributed by atoms with Gasteiger partial charge in [-0.2, -0.15) is 0 Å². The number of rotatable bonds is 4. The fraction of sp³-hybridized carbons (Fsp3) is 0.450. The summed E-state index contributed by atoms with van der Waals surface area (Å²) in [5.74, 6) is 0.801. The van der Waals surface area contributed by atoms with E-state index in [1.165, 1.54) is 0 Å². The summed E-state index contributed by atoms with van der Waals surface area (Å²) in [6.07, 6.45) is 7.05. The lowest BCUT2D eigenvalue weighted by Gasteiger charge is -2.16. The molecule has 0 radical (unpaired) electrons. The Morgan fingerprint density at radius 2 is 1.59 bits per heavy atom. The van der Waals surface area contributed by atoms with Crippen molar-refractivity contribution in [3.63, 3.8) is 0 Å². The van der Waals surface area contributed by atoms with Crippen molar-refractivity contribution in [2.24, 2.45) is 5.73 Å². The predicted molar refractivity (Wildman–Crippen MR) is 108 cm³/mol. The van der Waals surface area contributed by atoms with Gasteiger partial charge in [0.15, 0.2) is 0 Å². The van der Waals surface area contributed by atoms with Crippen LogP contribution in [0.5, 0.6) is 11.5 Å². The van der Waals surface area contributed by atoms with Gasteiger partial charge in [0.2, 0.25) is 0 Å². The number of aliphatic carboxylic acids is 2. The highest BCUT2D eigenvalue weighted by molar-refractivity contribution is 5.63. The van der Waals surface area contributed by atoms with Gasteiger partial charge in [0.1, 0.15) is 17.3 Å². The standard InChI is InChI=1S/C16H21N3O2.2C2H4O2/c1-20-14-7-11(8-15(10-14)21-2)16-18-5-6-19(16)13-4-3-12(17)9-13;2*1-2(3)4/h5-8,10,12-13H,3-4,9,17H2,1-2H3;2*1H3,(H,3,4)/t12-,13-;;/m1../s1. The van der Waals surface area contributed by atoms with E-state index in [0.717, 1.165) is 56.0 Å². The van der Waals surface area contributed by atoms with E-state index in [2.05, 4.69) is 9.55 Å². The largest absolute Gasteiger partial charge is 0.497 e. The third-order valence-electron chi connectivity index (χ3n) is 4.12. The van der Waals surface area contributed by atoms with Crippen LogP contribution in [0.2, 0.25) is 0 Å². The number of carboxylic acids is 2. The quantitative estimate of drug-likeness (QED) is 0.703. The Hall–Kier alpha value is -3.07. The van der Waals surface area contributed by atoms with Crippen LogP contribution in [0.1, 0.15) is 39.2 Å². The van der Waals surface area contributed by atoms with Crippen LogP contribution in [-0.2, 0) is 9.59 Å². The normalized spacial score (nSPS) is 17.3. The maximum absolute atomic E-state index is 9.00. The van der Waals surface area contributed by atoms with Gasteiger partial charge in [0.05, 0.1) is 14.2 Å². The van der Waals surface area contributed by atoms with Gasteiger partial charge in [0.25, 0.3) is 11.9 Å². The highest BCUT2D eigenvalue weighted by Crippen LogP contribution is 2.34. The van der Waals surface area contributed by atoms with Crippen LogP contribution in [0.25, 0.3) is 11.4 Å². The van der Waals surface area contributed by atoms with Crippen molar-refractivity contribution >= 4 is 11.9 Å². The Kier molecular flexibility index (Phi) is 9.67. The molecule has 0 spiro atoms. The second kappa shape index (κ2) is 11.7. The Morgan fingerprint density at radius 1 is 1.07 bits per heavy atom. The predicted octanol–water partition coefficient (Wildman–Crippen LogP) is 2.80. The van der Waals surface area contributed by atoms with Crippen LogP contribution in [0.15, 0.2) is 30.6 Å². The zero-order valence-electron chi connectivity index (χ0n) is 17.2. The number of aromatic nitrogens is 2. The second-order valence-corrected chi connectivity index (χ2v) is 6.52. The molecule has 4 N–H and O–H groups in total. The van der Waals surface area contributed by atoms with Gasteiger partial charge in [-0.15, -0.1) is 0 Å². The highest BCUT2D eigenvalue weighted by Gasteiger charge is 2.25. The average Bonchev–Trinajstić information content (AvgIpc) is 3.29. The molecule has 1 aromatic heterocycles. The van der Waals surface area contributed by atoms with Crippen molar-refractivity contribution in [1.29, 1.82) is 0 Å². The second-order valence-electron chi connectivity index (χ2n) is 6.52. The molecule has 1 aromatic carbocycles. The van der Waals surface area contributed by atoms with Crippen molar-refractivity contribution in [3.8, 4) is 22.9 Å². The van der Waals surface area contributed by atoms with E-state index in [1.807, 2.05) is 30.6 Å². The number of methoxy groups -OCH3 is 2. The van der Waals surface area contributed by atoms with E-state index < -0.39 is 11.9 Å². The van der Waals surface area contributed by atoms with E-state index in [1.54, 1.807) is 14.2 Å². The fourth-order valence-electron chi connectivity index (χ4n) is 3.01. The van der Waals surface area contributed by atoms with E-state index >= 15 is 0 Å². The molecular formula is C20H29N3O6. The fourth-order valence-corrected chi connectivity index (χ4v) is 3.01. The molecule has 0 unspecified atom stereocenters. The van der Waals surface area contributed by atoms with E-state index in [4.69, 9.17) is 35.0 Å². The van der Waals surface area contributed by atoms with Gasteiger partial charge < -0.3 is 30.0 Å². The van der Waals surface area contributed by atoms with E-state index in [0.29, 0.717) is 12.1 Å². The molecule has 1 heterocycles. The highest BCUT2D eigenvalue weighted by atomic mass is 16.5. The smallest absolute Gasteiger partial charge is 0.300 e. The molecule has 0 saturated heterocycles. The lowest BCUT2D eigenvalue weighted by atomic mass is 10.1. The summed E-state index contributed by atoms with van der Waals surface area (Å²) in [6, 6.07) is 6.55. The first-order valence-electron chi connectivity index (χ1n) is 9.08. The number of carbonyl (C=O) groups is 2. The van der Waals surface area contributed by atoms with Crippen LogP contribution in [0.4, 0.5) is 0 Å². The van der Waals surface area contributed by atoms with Gasteiger partial charge in [-0.3, -0.25) is 9.59 Å². The SMILES string of the molecule is CC(=O)O.CC(=O)O.COc1cc(OC)cc(-c2nccn2[C@@H]2CC[C@@H](N)C2)c1. The molecule has 2 aromatic rings. The summed E-state index contributed by atoms with van der Waals surface area (Å²) < 4.78 is 12.9. The zero-order chi connectivity index (χ0) is 22.0. The molecule has 2 atom stereocenters. The third-order valence-corrected chi connectivity index (χ3v) is 4.12. The maximum atomic E-state index is 9.00. The molecule has 9 heteroatoms. The number of hydrogen-bond acceptors (Lipinski definition) is 6. The van der Waals surface area contributed by atoms with Crippen LogP contribution < -0.4 is 15.2 Å². The van der Waals surface area contributed by atoms with Gasteiger partial charge in [-0.25, -0.2) is 4.98 Å². The Bertz CT molecular complexity index is 763. The molecule has 0 amide bonds. The molecule has 0 aliphatic heterocycles. The zero-order valence-corrected chi connectivity index (χ0v) is 17.2. The number of ether oxygens (including phenoxy) is 2. The van der Waals surface area contributed by atoms with Crippen molar-refractivity contribution in [2.75, 3.05) is 14.2 Å². The average molecular weight is 407 g/mol. The van der Waals surface area contributed by atoms with Crippen LogP contribution in [-0.4, -0.2) is 52.0 Å². The Labute approximate surface area is 170 Å². The topological polar surface area (TPSA) is 137 Å². The minimum absolute atomic E-state index is 0.296. The van der Waals surface area contributed by atoms with Gasteiger partial charge in [-0.05, 0) is 31.4 Å². The first-order chi connectivity index (χ1) is 13.7. The molecule has 1 fully saturated rings. The maximum Gasteiger partial charge on any atom is 0.300 e. The molecule has 160 valence electrons. The van der Waals surface area contributed by atoms with Crippen molar-refractivity contribution < 1.29 is 29.3 Å². The summed E-state index contributed by atoms with van der Waals surface area (Å²) in [4.78, 5) is 22.5. The molecule has 0 bridgehead atoms. The summed E-state index contributed by atoms with van der Waals surface area (Å²) in [7, 11) is 3.31. The molecule has 1 saturated carbocycles. The Morgan fingerprint density at radius 3 is 2.00 bits per heavy atom. The van der Waals surface area contributed by atoms with Gasteiger partial charge in [-0.1, -0.05) is 0 Å². The molecule has 1 aliphatic carbocycles. The molecular weight excluding hydrogens is 378 g/mol.